The van der Waals surface area contributed by atoms with Crippen LogP contribution in [-0.2, 0) is 25.8 Å². The quantitative estimate of drug-likeness (QED) is 0.445. The molecule has 1 aliphatic rings. The van der Waals surface area contributed by atoms with E-state index < -0.39 is 5.97 Å². The average Bonchev–Trinajstić information content (AvgIpc) is 3.22. The summed E-state index contributed by atoms with van der Waals surface area (Å²) < 4.78 is 1.99. The van der Waals surface area contributed by atoms with Crippen LogP contribution in [0.3, 0.4) is 0 Å². The highest BCUT2D eigenvalue weighted by Gasteiger charge is 2.29. The number of rotatable bonds is 6. The van der Waals surface area contributed by atoms with E-state index in [0.717, 1.165) is 70.2 Å². The molecule has 1 aromatic carbocycles. The van der Waals surface area contributed by atoms with Crippen LogP contribution in [0.15, 0.2) is 48.7 Å². The van der Waals surface area contributed by atoms with Crippen LogP contribution >= 0.6 is 0 Å². The first-order valence-corrected chi connectivity index (χ1v) is 11.7. The fraction of sp³-hybridized carbons (Fsp3) is 0.296. The molecular formula is C27H27N5O2. The number of aryl methyl sites for hydroxylation is 2. The topological polar surface area (TPSA) is 93.8 Å². The lowest BCUT2D eigenvalue weighted by atomic mass is 9.92. The van der Waals surface area contributed by atoms with Gasteiger partial charge >= 0.3 is 5.97 Å². The Hall–Kier alpha value is -3.87. The van der Waals surface area contributed by atoms with Crippen LogP contribution in [0.2, 0.25) is 0 Å². The van der Waals surface area contributed by atoms with Crippen molar-refractivity contribution in [1.82, 2.24) is 24.7 Å². The Kier molecular flexibility index (Phi) is 5.69. The number of hydrogen-bond donors (Lipinski definition) is 1. The summed E-state index contributed by atoms with van der Waals surface area (Å²) in [6.07, 6.45) is 4.21. The minimum atomic E-state index is -0.938. The zero-order valence-electron chi connectivity index (χ0n) is 19.6. The molecule has 1 N–H and O–H groups in total. The van der Waals surface area contributed by atoms with Crippen molar-refractivity contribution >= 4 is 5.97 Å². The summed E-state index contributed by atoms with van der Waals surface area (Å²) >= 11 is 0. The van der Waals surface area contributed by atoms with Gasteiger partial charge in [0.2, 0.25) is 0 Å². The van der Waals surface area contributed by atoms with Crippen LogP contribution in [0.1, 0.15) is 65.4 Å². The van der Waals surface area contributed by atoms with Crippen LogP contribution in [-0.4, -0.2) is 35.8 Å². The van der Waals surface area contributed by atoms with Crippen molar-refractivity contribution in [1.29, 1.82) is 0 Å². The van der Waals surface area contributed by atoms with Crippen LogP contribution in [0.25, 0.3) is 22.6 Å². The smallest absolute Gasteiger partial charge is 0.335 e. The molecule has 5 rings (SSSR count). The van der Waals surface area contributed by atoms with Crippen molar-refractivity contribution in [2.45, 2.75) is 52.5 Å². The van der Waals surface area contributed by atoms with Crippen molar-refractivity contribution < 1.29 is 9.90 Å². The van der Waals surface area contributed by atoms with E-state index in [1.54, 1.807) is 18.3 Å². The molecule has 0 saturated heterocycles. The molecule has 7 heteroatoms. The second-order valence-electron chi connectivity index (χ2n) is 8.90. The monoisotopic (exact) mass is 453 g/mol. The first kappa shape index (κ1) is 21.9. The fourth-order valence-corrected chi connectivity index (χ4v) is 4.61. The number of carboxylic acids is 1. The first-order valence-electron chi connectivity index (χ1n) is 11.7. The third kappa shape index (κ3) is 3.87. The van der Waals surface area contributed by atoms with Crippen molar-refractivity contribution in [3.63, 3.8) is 0 Å². The molecule has 3 heterocycles. The lowest BCUT2D eigenvalue weighted by Gasteiger charge is -2.21. The van der Waals surface area contributed by atoms with Crippen molar-refractivity contribution in [2.24, 2.45) is 0 Å². The van der Waals surface area contributed by atoms with Gasteiger partial charge in [-0.3, -0.25) is 14.6 Å². The number of aromatic nitrogens is 5. The second kappa shape index (κ2) is 8.82. The zero-order valence-corrected chi connectivity index (χ0v) is 19.6. The zero-order chi connectivity index (χ0) is 23.8. The number of pyridine rings is 1. The van der Waals surface area contributed by atoms with Gasteiger partial charge in [-0.05, 0) is 49.4 Å². The lowest BCUT2D eigenvalue weighted by molar-refractivity contribution is 0.0697. The van der Waals surface area contributed by atoms with E-state index in [4.69, 9.17) is 15.1 Å². The van der Waals surface area contributed by atoms with E-state index >= 15 is 0 Å². The third-order valence-electron chi connectivity index (χ3n) is 6.28. The van der Waals surface area contributed by atoms with Gasteiger partial charge in [0.15, 0.2) is 0 Å². The molecule has 7 nitrogen and oxygen atoms in total. The minimum Gasteiger partial charge on any atom is -0.478 e. The van der Waals surface area contributed by atoms with Crippen molar-refractivity contribution in [2.75, 3.05) is 0 Å². The lowest BCUT2D eigenvalue weighted by Crippen LogP contribution is -2.16. The van der Waals surface area contributed by atoms with Gasteiger partial charge in [0, 0.05) is 17.3 Å². The number of carbonyl (C=O) groups is 1. The van der Waals surface area contributed by atoms with Gasteiger partial charge in [-0.2, -0.15) is 5.10 Å². The summed E-state index contributed by atoms with van der Waals surface area (Å²) in [5.41, 5.74) is 9.06. The van der Waals surface area contributed by atoms with Gasteiger partial charge in [0.25, 0.3) is 0 Å². The highest BCUT2D eigenvalue weighted by atomic mass is 16.4. The van der Waals surface area contributed by atoms with Crippen LogP contribution < -0.4 is 0 Å². The normalized spacial score (nSPS) is 12.5. The molecule has 172 valence electrons. The molecule has 4 aromatic rings. The summed E-state index contributed by atoms with van der Waals surface area (Å²) in [4.78, 5) is 26.0. The van der Waals surface area contributed by atoms with Gasteiger partial charge in [0.1, 0.15) is 5.69 Å². The molecule has 0 amide bonds. The maximum absolute atomic E-state index is 11.3. The largest absolute Gasteiger partial charge is 0.478 e. The molecule has 0 aliphatic heterocycles. The van der Waals surface area contributed by atoms with Gasteiger partial charge in [-0.25, -0.2) is 9.78 Å². The SMILES string of the molecule is CCc1nc2c(nc1C(C)C)CCc1c(-c3ccc(C(=O)O)cc3)nn(Cc3ccccn3)c1-2. The number of aromatic carboxylic acids is 1. The summed E-state index contributed by atoms with van der Waals surface area (Å²) in [5, 5.41) is 14.3. The molecule has 0 fully saturated rings. The molecule has 0 bridgehead atoms. The molecule has 3 aromatic heterocycles. The van der Waals surface area contributed by atoms with E-state index in [0.29, 0.717) is 12.5 Å². The highest BCUT2D eigenvalue weighted by Crippen LogP contribution is 2.38. The standard InChI is InChI=1S/C27H27N5O2/c1-4-21-23(16(2)3)30-22-13-12-20-24(17-8-10-18(11-9-17)27(33)34)31-32(26(20)25(22)29-21)15-19-7-5-6-14-28-19/h5-11,14,16H,4,12-13,15H2,1-3H3,(H,33,34). The van der Waals surface area contributed by atoms with E-state index in [9.17, 15) is 9.90 Å². The van der Waals surface area contributed by atoms with E-state index in [1.807, 2.05) is 35.0 Å². The summed E-state index contributed by atoms with van der Waals surface area (Å²) in [5.74, 6) is -0.623. The summed E-state index contributed by atoms with van der Waals surface area (Å²) in [7, 11) is 0. The number of benzene rings is 1. The molecule has 0 spiro atoms. The minimum absolute atomic E-state index is 0.260. The van der Waals surface area contributed by atoms with Crippen LogP contribution in [0.4, 0.5) is 0 Å². The average molecular weight is 454 g/mol. The molecule has 0 saturated carbocycles. The third-order valence-corrected chi connectivity index (χ3v) is 6.28. The predicted octanol–water partition coefficient (Wildman–Crippen LogP) is 4.93. The molecular weight excluding hydrogens is 426 g/mol. The van der Waals surface area contributed by atoms with Crippen molar-refractivity contribution in [3.05, 3.63) is 82.6 Å². The molecule has 0 radical (unpaired) electrons. The summed E-state index contributed by atoms with van der Waals surface area (Å²) in [6.45, 7) is 6.96. The van der Waals surface area contributed by atoms with E-state index in [-0.39, 0.29) is 5.56 Å². The maximum atomic E-state index is 11.3. The highest BCUT2D eigenvalue weighted by molar-refractivity contribution is 5.88. The van der Waals surface area contributed by atoms with Crippen LogP contribution in [0.5, 0.6) is 0 Å². The number of fused-ring (bicyclic) bond motifs is 3. The predicted molar refractivity (Wildman–Crippen MR) is 130 cm³/mol. The Labute approximate surface area is 198 Å². The second-order valence-corrected chi connectivity index (χ2v) is 8.90. The number of carboxylic acid groups (broad SMARTS) is 1. The number of hydrogen-bond acceptors (Lipinski definition) is 5. The Morgan fingerprint density at radius 3 is 2.50 bits per heavy atom. The number of nitrogens with zero attached hydrogens (tertiary/aromatic N) is 5. The first-order chi connectivity index (χ1) is 16.5. The maximum Gasteiger partial charge on any atom is 0.335 e. The molecule has 1 aliphatic carbocycles. The van der Waals surface area contributed by atoms with Gasteiger partial charge < -0.3 is 5.11 Å². The van der Waals surface area contributed by atoms with E-state index in [1.165, 1.54) is 0 Å². The Morgan fingerprint density at radius 1 is 1.06 bits per heavy atom. The molecule has 0 unspecified atom stereocenters. The molecule has 0 atom stereocenters. The summed E-state index contributed by atoms with van der Waals surface area (Å²) in [6, 6.07) is 12.8. The van der Waals surface area contributed by atoms with Gasteiger partial charge in [0.05, 0.1) is 46.3 Å². The fourth-order valence-electron chi connectivity index (χ4n) is 4.61. The Bertz CT molecular complexity index is 1360. The Balaban J connectivity index is 1.70. The van der Waals surface area contributed by atoms with Crippen molar-refractivity contribution in [3.8, 4) is 22.6 Å². The van der Waals surface area contributed by atoms with E-state index in [2.05, 4.69) is 25.8 Å². The van der Waals surface area contributed by atoms with Gasteiger partial charge in [-0.15, -0.1) is 0 Å². The Morgan fingerprint density at radius 2 is 1.85 bits per heavy atom. The molecule has 34 heavy (non-hydrogen) atoms. The van der Waals surface area contributed by atoms with Crippen LogP contribution in [0, 0.1) is 0 Å². The van der Waals surface area contributed by atoms with Gasteiger partial charge in [-0.1, -0.05) is 39.0 Å².